The topological polar surface area (TPSA) is 40.5 Å². The van der Waals surface area contributed by atoms with Crippen LogP contribution in [0, 0.1) is 12.8 Å². The van der Waals surface area contributed by atoms with Gasteiger partial charge < -0.3 is 5.43 Å². The van der Waals surface area contributed by atoms with Gasteiger partial charge in [0.05, 0.1) is 11.7 Å². The van der Waals surface area contributed by atoms with Gasteiger partial charge in [-0.05, 0) is 30.5 Å². The summed E-state index contributed by atoms with van der Waals surface area (Å²) in [4.78, 5) is 9.03. The molecule has 0 saturated carbocycles. The Kier molecular flexibility index (Phi) is 4.94. The first-order valence-electron chi connectivity index (χ1n) is 10.3. The van der Waals surface area contributed by atoms with E-state index in [2.05, 4.69) is 84.0 Å². The maximum absolute atomic E-state index is 5.05. The van der Waals surface area contributed by atoms with Crippen LogP contribution in [-0.2, 0) is 13.0 Å². The fourth-order valence-electron chi connectivity index (χ4n) is 4.30. The minimum absolute atomic E-state index is 0.428. The molecule has 148 valence electrons. The third-order valence-corrected chi connectivity index (χ3v) is 7.23. The van der Waals surface area contributed by atoms with Gasteiger partial charge in [0.2, 0.25) is 0 Å². The van der Waals surface area contributed by atoms with Gasteiger partial charge in [-0.3, -0.25) is 4.90 Å². The predicted molar refractivity (Wildman–Crippen MR) is 121 cm³/mol. The van der Waals surface area contributed by atoms with Crippen LogP contribution in [0.4, 0.5) is 0 Å². The molecule has 2 aromatic carbocycles. The molecule has 1 aromatic heterocycles. The molecule has 2 atom stereocenters. The third-order valence-electron chi connectivity index (χ3n) is 6.11. The zero-order valence-corrected chi connectivity index (χ0v) is 17.7. The van der Waals surface area contributed by atoms with Crippen LogP contribution in [0.15, 0.2) is 53.6 Å². The summed E-state index contributed by atoms with van der Waals surface area (Å²) in [7, 11) is 0. The second-order valence-electron chi connectivity index (χ2n) is 8.08. The number of hydrogen-bond donors (Lipinski definition) is 1. The third kappa shape index (κ3) is 3.61. The van der Waals surface area contributed by atoms with Crippen molar-refractivity contribution < 1.29 is 0 Å². The monoisotopic (exact) mass is 402 g/mol. The number of aromatic nitrogens is 1. The summed E-state index contributed by atoms with van der Waals surface area (Å²) < 4.78 is 0. The van der Waals surface area contributed by atoms with E-state index in [4.69, 9.17) is 4.98 Å². The standard InChI is InChI=1S/C24H26N4S/c1-16-20(18-7-4-3-5-8-18)9-6-10-21(16)24-26-22-11-12-28(15-23(22)29-24)14-19-13-25-27-17(19)2/h3-10,13,17,19,27H,11-12,14-15H2,1-2H3. The maximum Gasteiger partial charge on any atom is 0.124 e. The largest absolute Gasteiger partial charge is 0.307 e. The average molecular weight is 403 g/mol. The number of nitrogens with zero attached hydrogens (tertiary/aromatic N) is 3. The van der Waals surface area contributed by atoms with Crippen molar-refractivity contribution in [3.8, 4) is 21.7 Å². The van der Waals surface area contributed by atoms with Gasteiger partial charge in [-0.25, -0.2) is 4.98 Å². The Hall–Kier alpha value is -2.50. The number of hydrazone groups is 1. The Labute approximate surface area is 176 Å². The molecule has 0 aliphatic carbocycles. The minimum Gasteiger partial charge on any atom is -0.307 e. The first-order chi connectivity index (χ1) is 14.2. The van der Waals surface area contributed by atoms with Gasteiger partial charge >= 0.3 is 0 Å². The van der Waals surface area contributed by atoms with Crippen molar-refractivity contribution in [3.05, 3.63) is 64.7 Å². The van der Waals surface area contributed by atoms with Crippen LogP contribution in [0.3, 0.4) is 0 Å². The number of hydrogen-bond acceptors (Lipinski definition) is 5. The van der Waals surface area contributed by atoms with E-state index in [1.54, 1.807) is 0 Å². The van der Waals surface area contributed by atoms with Crippen molar-refractivity contribution in [3.63, 3.8) is 0 Å². The highest BCUT2D eigenvalue weighted by atomic mass is 32.1. The number of nitrogens with one attached hydrogen (secondary N) is 1. The SMILES string of the molecule is Cc1c(-c2ccccc2)cccc1-c1nc2c(s1)CN(CC1C=NNC1C)CC2. The molecule has 0 saturated heterocycles. The molecule has 0 bridgehead atoms. The molecular weight excluding hydrogens is 376 g/mol. The first kappa shape index (κ1) is 18.5. The van der Waals surface area contributed by atoms with Crippen LogP contribution in [0.2, 0.25) is 0 Å². The molecule has 0 amide bonds. The van der Waals surface area contributed by atoms with Gasteiger partial charge in [0.1, 0.15) is 5.01 Å². The highest BCUT2D eigenvalue weighted by molar-refractivity contribution is 7.15. The van der Waals surface area contributed by atoms with Crippen LogP contribution in [0.1, 0.15) is 23.1 Å². The molecule has 0 fully saturated rings. The van der Waals surface area contributed by atoms with Crippen LogP contribution in [0.25, 0.3) is 21.7 Å². The highest BCUT2D eigenvalue weighted by Crippen LogP contribution is 2.36. The molecular formula is C24H26N4S. The molecule has 3 aromatic rings. The lowest BCUT2D eigenvalue weighted by Crippen LogP contribution is -2.38. The van der Waals surface area contributed by atoms with Crippen LogP contribution < -0.4 is 5.43 Å². The predicted octanol–water partition coefficient (Wildman–Crippen LogP) is 4.74. The second-order valence-corrected chi connectivity index (χ2v) is 9.16. The van der Waals surface area contributed by atoms with Crippen molar-refractivity contribution in [1.82, 2.24) is 15.3 Å². The molecule has 2 aliphatic rings. The number of benzene rings is 2. The van der Waals surface area contributed by atoms with Crippen molar-refractivity contribution >= 4 is 17.6 Å². The van der Waals surface area contributed by atoms with Gasteiger partial charge in [-0.15, -0.1) is 11.3 Å². The molecule has 0 spiro atoms. The Balaban J connectivity index is 1.40. The van der Waals surface area contributed by atoms with Gasteiger partial charge in [0, 0.05) is 48.6 Å². The molecule has 1 N–H and O–H groups in total. The number of thiazole rings is 1. The average Bonchev–Trinajstić information content (AvgIpc) is 3.34. The van der Waals surface area contributed by atoms with Crippen molar-refractivity contribution in [2.24, 2.45) is 11.0 Å². The quantitative estimate of drug-likeness (QED) is 0.685. The fraction of sp³-hybridized carbons (Fsp3) is 0.333. The van der Waals surface area contributed by atoms with E-state index in [9.17, 15) is 0 Å². The van der Waals surface area contributed by atoms with E-state index in [-0.39, 0.29) is 0 Å². The summed E-state index contributed by atoms with van der Waals surface area (Å²) in [5, 5.41) is 5.39. The summed E-state index contributed by atoms with van der Waals surface area (Å²) in [5.74, 6) is 0.494. The number of rotatable bonds is 4. The molecule has 0 radical (unpaired) electrons. The first-order valence-corrected chi connectivity index (χ1v) is 11.2. The minimum atomic E-state index is 0.428. The second kappa shape index (κ2) is 7.73. The Morgan fingerprint density at radius 2 is 1.93 bits per heavy atom. The molecule has 2 unspecified atom stereocenters. The fourth-order valence-corrected chi connectivity index (χ4v) is 5.53. The summed E-state index contributed by atoms with van der Waals surface area (Å²) in [5.41, 5.74) is 9.58. The van der Waals surface area contributed by atoms with Crippen molar-refractivity contribution in [1.29, 1.82) is 0 Å². The van der Waals surface area contributed by atoms with Gasteiger partial charge in [0.15, 0.2) is 0 Å². The molecule has 3 heterocycles. The van der Waals surface area contributed by atoms with Crippen LogP contribution >= 0.6 is 11.3 Å². The summed E-state index contributed by atoms with van der Waals surface area (Å²) in [6.45, 7) is 7.57. The van der Waals surface area contributed by atoms with Crippen molar-refractivity contribution in [2.45, 2.75) is 32.9 Å². The smallest absolute Gasteiger partial charge is 0.124 e. The lowest BCUT2D eigenvalue weighted by molar-refractivity contribution is 0.228. The van der Waals surface area contributed by atoms with Gasteiger partial charge in [-0.1, -0.05) is 48.5 Å². The molecule has 29 heavy (non-hydrogen) atoms. The van der Waals surface area contributed by atoms with E-state index in [0.717, 1.165) is 31.1 Å². The zero-order chi connectivity index (χ0) is 19.8. The van der Waals surface area contributed by atoms with E-state index in [1.807, 2.05) is 11.3 Å². The van der Waals surface area contributed by atoms with Gasteiger partial charge in [-0.2, -0.15) is 5.10 Å². The lowest BCUT2D eigenvalue weighted by Gasteiger charge is -2.28. The maximum atomic E-state index is 5.05. The number of fused-ring (bicyclic) bond motifs is 1. The Bertz CT molecular complexity index is 1040. The molecule has 5 heteroatoms. The van der Waals surface area contributed by atoms with E-state index < -0.39 is 0 Å². The summed E-state index contributed by atoms with van der Waals surface area (Å²) in [6, 6.07) is 17.6. The molecule has 2 aliphatic heterocycles. The van der Waals surface area contributed by atoms with Crippen LogP contribution in [-0.4, -0.2) is 35.2 Å². The van der Waals surface area contributed by atoms with E-state index in [0.29, 0.717) is 12.0 Å². The Morgan fingerprint density at radius 3 is 2.72 bits per heavy atom. The lowest BCUT2D eigenvalue weighted by atomic mass is 9.97. The van der Waals surface area contributed by atoms with Crippen LogP contribution in [0.5, 0.6) is 0 Å². The molecule has 5 rings (SSSR count). The normalized spacial score (nSPS) is 21.2. The van der Waals surface area contributed by atoms with Crippen molar-refractivity contribution in [2.75, 3.05) is 13.1 Å². The molecule has 4 nitrogen and oxygen atoms in total. The Morgan fingerprint density at radius 1 is 1.10 bits per heavy atom. The van der Waals surface area contributed by atoms with Gasteiger partial charge in [0.25, 0.3) is 0 Å². The van der Waals surface area contributed by atoms with E-state index >= 15 is 0 Å². The summed E-state index contributed by atoms with van der Waals surface area (Å²) >= 11 is 1.87. The highest BCUT2D eigenvalue weighted by Gasteiger charge is 2.27. The van der Waals surface area contributed by atoms with E-state index in [1.165, 1.54) is 32.8 Å². The zero-order valence-electron chi connectivity index (χ0n) is 16.9. The summed E-state index contributed by atoms with van der Waals surface area (Å²) in [6.07, 6.45) is 3.10.